The third-order valence-corrected chi connectivity index (χ3v) is 4.91. The summed E-state index contributed by atoms with van der Waals surface area (Å²) < 4.78 is 31.3. The van der Waals surface area contributed by atoms with E-state index in [9.17, 15) is 8.42 Å². The largest absolute Gasteiger partial charge is 0.377 e. The van der Waals surface area contributed by atoms with E-state index in [1.165, 1.54) is 4.41 Å². The molecule has 0 radical (unpaired) electrons. The summed E-state index contributed by atoms with van der Waals surface area (Å²) in [5.41, 5.74) is 1.05. The van der Waals surface area contributed by atoms with Gasteiger partial charge in [-0.05, 0) is 19.1 Å². The summed E-state index contributed by atoms with van der Waals surface area (Å²) in [6, 6.07) is 6.92. The highest BCUT2D eigenvalue weighted by Crippen LogP contribution is 2.35. The van der Waals surface area contributed by atoms with Crippen LogP contribution < -0.4 is 0 Å². The van der Waals surface area contributed by atoms with Gasteiger partial charge in [0.15, 0.2) is 0 Å². The summed E-state index contributed by atoms with van der Waals surface area (Å²) in [6.45, 7) is 3.64. The Bertz CT molecular complexity index is 514. The van der Waals surface area contributed by atoms with Crippen molar-refractivity contribution in [2.45, 2.75) is 18.0 Å². The molecule has 2 aliphatic rings. The second-order valence-electron chi connectivity index (χ2n) is 4.31. The molecule has 2 saturated heterocycles. The highest BCUT2D eigenvalue weighted by Gasteiger charge is 2.55. The molecule has 2 fully saturated rings. The van der Waals surface area contributed by atoms with Crippen LogP contribution in [0.25, 0.3) is 0 Å². The van der Waals surface area contributed by atoms with Crippen molar-refractivity contribution in [1.29, 1.82) is 0 Å². The summed E-state index contributed by atoms with van der Waals surface area (Å²) in [7, 11) is -3.39. The smallest absolute Gasteiger partial charge is 0.257 e. The van der Waals surface area contributed by atoms with Crippen molar-refractivity contribution in [2.24, 2.45) is 0 Å². The fourth-order valence-corrected chi connectivity index (χ4v) is 3.70. The Hall–Kier alpha value is -0.950. The van der Waals surface area contributed by atoms with Gasteiger partial charge in [-0.15, -0.1) is 4.41 Å². The molecule has 0 N–H and O–H groups in total. The third-order valence-electron chi connectivity index (χ3n) is 3.09. The molecule has 0 amide bonds. The highest BCUT2D eigenvalue weighted by molar-refractivity contribution is 7.89. The van der Waals surface area contributed by atoms with E-state index in [0.717, 1.165) is 5.56 Å². The SMILES string of the molecule is Cc1ccc(S(=O)(=O)N2C3COCCN32)cc1. The van der Waals surface area contributed by atoms with Gasteiger partial charge in [-0.3, -0.25) is 0 Å². The van der Waals surface area contributed by atoms with Crippen LogP contribution in [0.3, 0.4) is 0 Å². The molecule has 1 aromatic carbocycles. The average molecular weight is 254 g/mol. The summed E-state index contributed by atoms with van der Waals surface area (Å²) in [6.07, 6.45) is -0.102. The van der Waals surface area contributed by atoms with Gasteiger partial charge in [0.1, 0.15) is 6.17 Å². The Balaban J connectivity index is 1.89. The number of ether oxygens (including phenoxy) is 1. The lowest BCUT2D eigenvalue weighted by molar-refractivity contribution is 0.0867. The van der Waals surface area contributed by atoms with Crippen molar-refractivity contribution in [3.63, 3.8) is 0 Å². The van der Waals surface area contributed by atoms with Gasteiger partial charge in [0, 0.05) is 6.54 Å². The van der Waals surface area contributed by atoms with Gasteiger partial charge < -0.3 is 4.74 Å². The minimum Gasteiger partial charge on any atom is -0.377 e. The van der Waals surface area contributed by atoms with Crippen LogP contribution in [0.2, 0.25) is 0 Å². The molecular formula is C11H14N2O3S. The molecule has 1 aromatic rings. The van der Waals surface area contributed by atoms with E-state index < -0.39 is 10.0 Å². The zero-order valence-electron chi connectivity index (χ0n) is 9.54. The predicted molar refractivity (Wildman–Crippen MR) is 61.5 cm³/mol. The van der Waals surface area contributed by atoms with E-state index in [0.29, 0.717) is 24.7 Å². The van der Waals surface area contributed by atoms with Crippen LogP contribution in [0.1, 0.15) is 5.56 Å². The second kappa shape index (κ2) is 3.78. The van der Waals surface area contributed by atoms with Gasteiger partial charge in [0.25, 0.3) is 10.0 Å². The maximum atomic E-state index is 12.3. The van der Waals surface area contributed by atoms with Crippen molar-refractivity contribution in [2.75, 3.05) is 19.8 Å². The molecule has 6 heteroatoms. The van der Waals surface area contributed by atoms with Gasteiger partial charge >= 0.3 is 0 Å². The third kappa shape index (κ3) is 1.77. The maximum Gasteiger partial charge on any atom is 0.257 e. The van der Waals surface area contributed by atoms with Gasteiger partial charge in [0.2, 0.25) is 0 Å². The number of rotatable bonds is 2. The number of morpholine rings is 1. The molecule has 92 valence electrons. The van der Waals surface area contributed by atoms with Gasteiger partial charge in [-0.1, -0.05) is 17.7 Å². The Morgan fingerprint density at radius 3 is 2.59 bits per heavy atom. The Morgan fingerprint density at radius 2 is 2.00 bits per heavy atom. The van der Waals surface area contributed by atoms with E-state index >= 15 is 0 Å². The van der Waals surface area contributed by atoms with E-state index in [4.69, 9.17) is 4.74 Å². The first-order valence-corrected chi connectivity index (χ1v) is 7.00. The number of sulfonamides is 1. The Morgan fingerprint density at radius 1 is 1.29 bits per heavy atom. The van der Waals surface area contributed by atoms with Crippen LogP contribution in [0.4, 0.5) is 0 Å². The number of hydrogen-bond acceptors (Lipinski definition) is 4. The zero-order chi connectivity index (χ0) is 12.0. The first kappa shape index (κ1) is 11.2. The molecule has 0 aliphatic carbocycles. The number of fused-ring (bicyclic) bond motifs is 1. The predicted octanol–water partition coefficient (Wildman–Crippen LogP) is 0.573. The van der Waals surface area contributed by atoms with Gasteiger partial charge in [0.05, 0.1) is 18.1 Å². The molecule has 0 spiro atoms. The minimum atomic E-state index is -3.39. The summed E-state index contributed by atoms with van der Waals surface area (Å²) in [4.78, 5) is 0.345. The summed E-state index contributed by atoms with van der Waals surface area (Å²) in [5.74, 6) is 0. The standard InChI is InChI=1S/C11H14N2O3S/c1-9-2-4-10(5-3-9)17(14,15)13-11-8-16-7-6-12(11)13/h2-5,11H,6-8H2,1H3. The maximum absolute atomic E-state index is 12.3. The van der Waals surface area contributed by atoms with Gasteiger partial charge in [-0.25, -0.2) is 13.4 Å². The Kier molecular flexibility index (Phi) is 2.48. The van der Waals surface area contributed by atoms with Crippen molar-refractivity contribution in [3.05, 3.63) is 29.8 Å². The first-order valence-electron chi connectivity index (χ1n) is 5.56. The molecule has 0 saturated carbocycles. The van der Waals surface area contributed by atoms with Crippen molar-refractivity contribution in [1.82, 2.24) is 9.42 Å². The number of nitrogens with zero attached hydrogens (tertiary/aromatic N) is 2. The first-order chi connectivity index (χ1) is 8.10. The monoisotopic (exact) mass is 254 g/mol. The highest BCUT2D eigenvalue weighted by atomic mass is 32.2. The molecule has 5 nitrogen and oxygen atoms in total. The van der Waals surface area contributed by atoms with Crippen LogP contribution in [0.5, 0.6) is 0 Å². The Labute approximate surface area is 101 Å². The topological polar surface area (TPSA) is 49.4 Å². The van der Waals surface area contributed by atoms with E-state index in [2.05, 4.69) is 0 Å². The molecule has 0 aromatic heterocycles. The number of benzene rings is 1. The molecule has 3 atom stereocenters. The lowest BCUT2D eigenvalue weighted by Crippen LogP contribution is -2.21. The van der Waals surface area contributed by atoms with Crippen LogP contribution in [0.15, 0.2) is 29.2 Å². The quantitative estimate of drug-likeness (QED) is 0.724. The van der Waals surface area contributed by atoms with Crippen molar-refractivity contribution >= 4 is 10.0 Å². The summed E-state index contributed by atoms with van der Waals surface area (Å²) >= 11 is 0. The lowest BCUT2D eigenvalue weighted by Gasteiger charge is -2.07. The van der Waals surface area contributed by atoms with E-state index in [-0.39, 0.29) is 6.17 Å². The lowest BCUT2D eigenvalue weighted by atomic mass is 10.2. The molecular weight excluding hydrogens is 240 g/mol. The average Bonchev–Trinajstić information content (AvgIpc) is 3.04. The van der Waals surface area contributed by atoms with E-state index in [1.54, 1.807) is 12.1 Å². The molecule has 0 bridgehead atoms. The number of hydrogen-bond donors (Lipinski definition) is 0. The van der Waals surface area contributed by atoms with Crippen molar-refractivity contribution in [3.8, 4) is 0 Å². The normalized spacial score (nSPS) is 31.9. The van der Waals surface area contributed by atoms with Crippen molar-refractivity contribution < 1.29 is 13.2 Å². The van der Waals surface area contributed by atoms with Crippen LogP contribution >= 0.6 is 0 Å². The fraction of sp³-hybridized carbons (Fsp3) is 0.455. The fourth-order valence-electron chi connectivity index (χ4n) is 2.09. The number of aryl methyl sites for hydroxylation is 1. The van der Waals surface area contributed by atoms with Crippen LogP contribution in [-0.2, 0) is 14.8 Å². The molecule has 2 aliphatic heterocycles. The zero-order valence-corrected chi connectivity index (χ0v) is 10.4. The van der Waals surface area contributed by atoms with E-state index in [1.807, 2.05) is 24.1 Å². The van der Waals surface area contributed by atoms with Crippen LogP contribution in [0, 0.1) is 6.92 Å². The summed E-state index contributed by atoms with van der Waals surface area (Å²) in [5, 5.41) is 1.83. The molecule has 2 heterocycles. The minimum absolute atomic E-state index is 0.102. The molecule has 3 rings (SSSR count). The number of hydrazine groups is 1. The molecule has 3 unspecified atom stereocenters. The van der Waals surface area contributed by atoms with Gasteiger partial charge in [-0.2, -0.15) is 0 Å². The second-order valence-corrected chi connectivity index (χ2v) is 6.10. The van der Waals surface area contributed by atoms with Crippen LogP contribution in [-0.4, -0.2) is 43.8 Å². The molecule has 17 heavy (non-hydrogen) atoms.